The highest BCUT2D eigenvalue weighted by Gasteiger charge is 2.53. The number of aromatic nitrogens is 2. The highest BCUT2D eigenvalue weighted by atomic mass is 15.3. The van der Waals surface area contributed by atoms with Crippen molar-refractivity contribution < 1.29 is 0 Å². The van der Waals surface area contributed by atoms with Crippen LogP contribution in [-0.4, -0.2) is 22.4 Å². The van der Waals surface area contributed by atoms with Gasteiger partial charge in [-0.25, -0.2) is 0 Å². The number of hydrogen-bond donors (Lipinski definition) is 1. The lowest BCUT2D eigenvalue weighted by Crippen LogP contribution is -2.34. The van der Waals surface area contributed by atoms with Gasteiger partial charge in [-0.05, 0) is 57.1 Å². The van der Waals surface area contributed by atoms with E-state index in [1.165, 1.54) is 31.4 Å². The number of nitrogens with one attached hydrogen (secondary N) is 1. The molecule has 2 fully saturated rings. The summed E-state index contributed by atoms with van der Waals surface area (Å²) in [7, 11) is 0. The third-order valence-electron chi connectivity index (χ3n) is 5.28. The number of fused-ring (bicyclic) bond motifs is 1. The van der Waals surface area contributed by atoms with Crippen LogP contribution in [0.25, 0.3) is 0 Å². The van der Waals surface area contributed by atoms with E-state index in [0.29, 0.717) is 12.1 Å². The second kappa shape index (κ2) is 5.88. The van der Waals surface area contributed by atoms with E-state index in [-0.39, 0.29) is 0 Å². The molecule has 1 aromatic rings. The Labute approximate surface area is 123 Å². The van der Waals surface area contributed by atoms with Gasteiger partial charge in [0, 0.05) is 24.7 Å². The second-order valence-corrected chi connectivity index (χ2v) is 6.94. The first-order valence-electron chi connectivity index (χ1n) is 8.48. The Morgan fingerprint density at radius 3 is 2.55 bits per heavy atom. The lowest BCUT2D eigenvalue weighted by atomic mass is 10.0. The summed E-state index contributed by atoms with van der Waals surface area (Å²) in [5, 5.41) is 8.47. The molecule has 3 rings (SSSR count). The maximum absolute atomic E-state index is 4.74. The van der Waals surface area contributed by atoms with E-state index < -0.39 is 0 Å². The van der Waals surface area contributed by atoms with E-state index >= 15 is 0 Å². The van der Waals surface area contributed by atoms with Crippen molar-refractivity contribution in [3.63, 3.8) is 0 Å². The van der Waals surface area contributed by atoms with Crippen molar-refractivity contribution in [2.24, 2.45) is 17.8 Å². The average Bonchev–Trinajstić information content (AvgIpc) is 2.97. The summed E-state index contributed by atoms with van der Waals surface area (Å²) >= 11 is 0. The summed E-state index contributed by atoms with van der Waals surface area (Å²) in [6.07, 6.45) is 9.08. The highest BCUT2D eigenvalue weighted by molar-refractivity contribution is 5.10. The van der Waals surface area contributed by atoms with Gasteiger partial charge in [0.2, 0.25) is 0 Å². The number of likely N-dealkylation sites (N-methyl/N-ethyl adjacent to an activating group) is 1. The van der Waals surface area contributed by atoms with Gasteiger partial charge < -0.3 is 5.32 Å². The fraction of sp³-hybridized carbons (Fsp3) is 0.824. The zero-order chi connectivity index (χ0) is 14.1. The van der Waals surface area contributed by atoms with E-state index in [0.717, 1.165) is 30.7 Å². The SMILES string of the molecule is CCNC(Cc1ccn(C(C)C)n1)C1C2CCCCC21. The quantitative estimate of drug-likeness (QED) is 0.862. The molecular formula is C17H29N3. The van der Waals surface area contributed by atoms with Crippen LogP contribution < -0.4 is 5.32 Å². The summed E-state index contributed by atoms with van der Waals surface area (Å²) in [6.45, 7) is 7.68. The van der Waals surface area contributed by atoms with E-state index in [9.17, 15) is 0 Å². The Hall–Kier alpha value is -0.830. The number of nitrogens with zero attached hydrogens (tertiary/aromatic N) is 2. The molecule has 1 heterocycles. The van der Waals surface area contributed by atoms with Crippen LogP contribution in [0, 0.1) is 17.8 Å². The van der Waals surface area contributed by atoms with Crippen LogP contribution in [0.1, 0.15) is 58.2 Å². The molecule has 1 N–H and O–H groups in total. The smallest absolute Gasteiger partial charge is 0.0640 e. The van der Waals surface area contributed by atoms with Gasteiger partial charge in [0.15, 0.2) is 0 Å². The van der Waals surface area contributed by atoms with Gasteiger partial charge in [0.1, 0.15) is 0 Å². The lowest BCUT2D eigenvalue weighted by molar-refractivity contribution is 0.429. The van der Waals surface area contributed by atoms with Crippen LogP contribution in [0.5, 0.6) is 0 Å². The molecule has 2 aliphatic rings. The molecule has 3 heteroatoms. The fourth-order valence-corrected chi connectivity index (χ4v) is 4.25. The zero-order valence-electron chi connectivity index (χ0n) is 13.2. The van der Waals surface area contributed by atoms with Crippen molar-refractivity contribution in [3.8, 4) is 0 Å². The largest absolute Gasteiger partial charge is 0.314 e. The van der Waals surface area contributed by atoms with Gasteiger partial charge in [0.25, 0.3) is 0 Å². The highest BCUT2D eigenvalue weighted by Crippen LogP contribution is 2.57. The molecule has 0 bridgehead atoms. The Kier molecular flexibility index (Phi) is 4.16. The summed E-state index contributed by atoms with van der Waals surface area (Å²) in [6, 6.07) is 3.31. The normalized spacial score (nSPS) is 30.3. The number of rotatable bonds is 6. The Bertz CT molecular complexity index is 425. The first kappa shape index (κ1) is 14.1. The molecule has 0 spiro atoms. The minimum atomic E-state index is 0.463. The molecule has 2 saturated carbocycles. The van der Waals surface area contributed by atoms with Crippen LogP contribution in [0.15, 0.2) is 12.3 Å². The maximum Gasteiger partial charge on any atom is 0.0640 e. The van der Waals surface area contributed by atoms with Gasteiger partial charge >= 0.3 is 0 Å². The molecule has 2 aliphatic carbocycles. The monoisotopic (exact) mass is 275 g/mol. The van der Waals surface area contributed by atoms with Crippen molar-refractivity contribution in [1.82, 2.24) is 15.1 Å². The topological polar surface area (TPSA) is 29.9 Å². The van der Waals surface area contributed by atoms with Crippen LogP contribution in [0.4, 0.5) is 0 Å². The van der Waals surface area contributed by atoms with Gasteiger partial charge in [0.05, 0.1) is 5.69 Å². The third kappa shape index (κ3) is 2.78. The minimum absolute atomic E-state index is 0.463. The fourth-order valence-electron chi connectivity index (χ4n) is 4.25. The molecule has 0 amide bonds. The Morgan fingerprint density at radius 1 is 1.30 bits per heavy atom. The van der Waals surface area contributed by atoms with Crippen LogP contribution in [0.3, 0.4) is 0 Å². The second-order valence-electron chi connectivity index (χ2n) is 6.94. The molecule has 0 aliphatic heterocycles. The predicted octanol–water partition coefficient (Wildman–Crippen LogP) is 3.42. The molecule has 0 saturated heterocycles. The predicted molar refractivity (Wildman–Crippen MR) is 82.7 cm³/mol. The maximum atomic E-state index is 4.74. The molecule has 3 unspecified atom stereocenters. The van der Waals surface area contributed by atoms with Crippen molar-refractivity contribution in [1.29, 1.82) is 0 Å². The van der Waals surface area contributed by atoms with Gasteiger partial charge in [-0.15, -0.1) is 0 Å². The summed E-state index contributed by atoms with van der Waals surface area (Å²) < 4.78 is 2.08. The molecule has 1 aromatic heterocycles. The summed E-state index contributed by atoms with van der Waals surface area (Å²) in [5.41, 5.74) is 1.26. The lowest BCUT2D eigenvalue weighted by Gasteiger charge is -2.17. The molecule has 112 valence electrons. The minimum Gasteiger partial charge on any atom is -0.314 e. The first-order valence-corrected chi connectivity index (χ1v) is 8.48. The van der Waals surface area contributed by atoms with Gasteiger partial charge in [-0.1, -0.05) is 19.8 Å². The van der Waals surface area contributed by atoms with Gasteiger partial charge in [-0.3, -0.25) is 4.68 Å². The van der Waals surface area contributed by atoms with Crippen LogP contribution in [0.2, 0.25) is 0 Å². The van der Waals surface area contributed by atoms with Crippen LogP contribution in [-0.2, 0) is 6.42 Å². The number of hydrogen-bond acceptors (Lipinski definition) is 2. The van der Waals surface area contributed by atoms with E-state index in [2.05, 4.69) is 43.0 Å². The molecule has 3 atom stereocenters. The Balaban J connectivity index is 1.65. The van der Waals surface area contributed by atoms with Crippen molar-refractivity contribution in [2.75, 3.05) is 6.54 Å². The summed E-state index contributed by atoms with van der Waals surface area (Å²) in [4.78, 5) is 0. The van der Waals surface area contributed by atoms with E-state index in [1.54, 1.807) is 0 Å². The molecule has 20 heavy (non-hydrogen) atoms. The first-order chi connectivity index (χ1) is 9.70. The van der Waals surface area contributed by atoms with Gasteiger partial charge in [-0.2, -0.15) is 5.10 Å². The molecule has 0 radical (unpaired) electrons. The molecular weight excluding hydrogens is 246 g/mol. The molecule has 0 aromatic carbocycles. The molecule has 3 nitrogen and oxygen atoms in total. The zero-order valence-corrected chi connectivity index (χ0v) is 13.2. The standard InChI is InChI=1S/C17H29N3/c1-4-18-16(17-14-7-5-6-8-15(14)17)11-13-9-10-20(19-13)12(2)3/h9-10,12,14-18H,4-8,11H2,1-3H3. The van der Waals surface area contributed by atoms with E-state index in [1.807, 2.05) is 0 Å². The Morgan fingerprint density at radius 2 is 2.00 bits per heavy atom. The third-order valence-corrected chi connectivity index (χ3v) is 5.28. The van der Waals surface area contributed by atoms with Crippen molar-refractivity contribution >= 4 is 0 Å². The van der Waals surface area contributed by atoms with Crippen molar-refractivity contribution in [2.45, 2.75) is 65.0 Å². The van der Waals surface area contributed by atoms with Crippen LogP contribution >= 0.6 is 0 Å². The average molecular weight is 275 g/mol. The van der Waals surface area contributed by atoms with Crippen molar-refractivity contribution in [3.05, 3.63) is 18.0 Å². The summed E-state index contributed by atoms with van der Waals surface area (Å²) in [5.74, 6) is 2.95. The van der Waals surface area contributed by atoms with E-state index in [4.69, 9.17) is 5.10 Å².